The Hall–Kier alpha value is -0.880. The van der Waals surface area contributed by atoms with Crippen LogP contribution < -0.4 is 16.1 Å². The maximum atomic E-state index is 11.3. The van der Waals surface area contributed by atoms with Crippen LogP contribution in [0.25, 0.3) is 0 Å². The van der Waals surface area contributed by atoms with Crippen molar-refractivity contribution in [2.75, 3.05) is 20.1 Å². The number of likely N-dealkylation sites (N-methyl/N-ethyl adjacent to an activating group) is 1. The van der Waals surface area contributed by atoms with Crippen molar-refractivity contribution < 1.29 is 4.79 Å². The van der Waals surface area contributed by atoms with Gasteiger partial charge in [0.05, 0.1) is 0 Å². The van der Waals surface area contributed by atoms with Crippen molar-refractivity contribution in [1.82, 2.24) is 21.1 Å². The van der Waals surface area contributed by atoms with Gasteiger partial charge in [0.1, 0.15) is 6.04 Å². The molecule has 0 aliphatic carbocycles. The van der Waals surface area contributed by atoms with Crippen LogP contribution >= 0.6 is 12.2 Å². The Kier molecular flexibility index (Phi) is 4.09. The molecular formula is C8H16N4OS. The molecule has 3 N–H and O–H groups in total. The number of thiocarbonyl (C=S) groups is 1. The van der Waals surface area contributed by atoms with E-state index in [1.807, 2.05) is 7.05 Å². The predicted molar refractivity (Wildman–Crippen MR) is 58.6 cm³/mol. The number of nitrogens with zero attached hydrogens (tertiary/aromatic N) is 1. The molecule has 1 rings (SSSR count). The number of hydrogen-bond acceptors (Lipinski definition) is 3. The van der Waals surface area contributed by atoms with Crippen molar-refractivity contribution in [2.24, 2.45) is 0 Å². The van der Waals surface area contributed by atoms with Crippen LogP contribution in [0.15, 0.2) is 0 Å². The van der Waals surface area contributed by atoms with Crippen LogP contribution in [0.2, 0.25) is 0 Å². The summed E-state index contributed by atoms with van der Waals surface area (Å²) in [5, 5.41) is 8.26. The van der Waals surface area contributed by atoms with Gasteiger partial charge in [-0.05, 0) is 18.6 Å². The number of rotatable bonds is 3. The molecular weight excluding hydrogens is 200 g/mol. The zero-order valence-corrected chi connectivity index (χ0v) is 9.28. The molecule has 1 heterocycles. The largest absolute Gasteiger partial charge is 0.363 e. The van der Waals surface area contributed by atoms with E-state index in [9.17, 15) is 4.79 Å². The summed E-state index contributed by atoms with van der Waals surface area (Å²) in [5.41, 5.74) is 2.67. The van der Waals surface area contributed by atoms with Gasteiger partial charge in [-0.3, -0.25) is 10.2 Å². The molecule has 6 heteroatoms. The molecule has 1 unspecified atom stereocenters. The van der Waals surface area contributed by atoms with Crippen LogP contribution in [0.1, 0.15) is 13.3 Å². The lowest BCUT2D eigenvalue weighted by atomic mass is 10.3. The Balaban J connectivity index is 2.30. The average Bonchev–Trinajstić information content (AvgIpc) is 2.42. The van der Waals surface area contributed by atoms with E-state index >= 15 is 0 Å². The summed E-state index contributed by atoms with van der Waals surface area (Å²) in [6.07, 6.45) is 1.01. The van der Waals surface area contributed by atoms with Crippen LogP contribution in [-0.4, -0.2) is 42.2 Å². The van der Waals surface area contributed by atoms with E-state index in [-0.39, 0.29) is 11.9 Å². The molecule has 1 atom stereocenters. The maximum Gasteiger partial charge on any atom is 0.258 e. The quantitative estimate of drug-likeness (QED) is 0.540. The smallest absolute Gasteiger partial charge is 0.258 e. The van der Waals surface area contributed by atoms with Crippen molar-refractivity contribution in [1.29, 1.82) is 0 Å². The average molecular weight is 216 g/mol. The molecule has 0 radical (unpaired) electrons. The van der Waals surface area contributed by atoms with Gasteiger partial charge in [0, 0.05) is 20.1 Å². The zero-order valence-electron chi connectivity index (χ0n) is 8.46. The highest BCUT2D eigenvalue weighted by molar-refractivity contribution is 7.80. The van der Waals surface area contributed by atoms with Crippen LogP contribution in [0.3, 0.4) is 0 Å². The van der Waals surface area contributed by atoms with E-state index in [0.29, 0.717) is 11.7 Å². The van der Waals surface area contributed by atoms with E-state index in [4.69, 9.17) is 12.2 Å². The van der Waals surface area contributed by atoms with Gasteiger partial charge in [-0.25, -0.2) is 5.01 Å². The molecule has 80 valence electrons. The summed E-state index contributed by atoms with van der Waals surface area (Å²) >= 11 is 5.03. The van der Waals surface area contributed by atoms with Gasteiger partial charge in [0.25, 0.3) is 5.91 Å². The summed E-state index contributed by atoms with van der Waals surface area (Å²) in [4.78, 5) is 11.3. The molecule has 14 heavy (non-hydrogen) atoms. The van der Waals surface area contributed by atoms with Gasteiger partial charge in [-0.2, -0.15) is 0 Å². The number of hydrogen-bond donors (Lipinski definition) is 3. The molecule has 1 aliphatic rings. The van der Waals surface area contributed by atoms with E-state index < -0.39 is 0 Å². The van der Waals surface area contributed by atoms with Crippen molar-refractivity contribution in [2.45, 2.75) is 19.4 Å². The highest BCUT2D eigenvalue weighted by Crippen LogP contribution is 1.96. The molecule has 5 nitrogen and oxygen atoms in total. The first-order valence-corrected chi connectivity index (χ1v) is 5.10. The Morgan fingerprint density at radius 1 is 1.79 bits per heavy atom. The van der Waals surface area contributed by atoms with Gasteiger partial charge in [-0.1, -0.05) is 6.92 Å². The Morgan fingerprint density at radius 3 is 3.00 bits per heavy atom. The lowest BCUT2D eigenvalue weighted by Gasteiger charge is -2.13. The number of hydrazine groups is 1. The minimum Gasteiger partial charge on any atom is -0.363 e. The Labute approximate surface area is 89.2 Å². The summed E-state index contributed by atoms with van der Waals surface area (Å²) in [7, 11) is 1.82. The summed E-state index contributed by atoms with van der Waals surface area (Å²) in [5.74, 6) is -0.0341. The van der Waals surface area contributed by atoms with Crippen molar-refractivity contribution in [3.8, 4) is 0 Å². The third kappa shape index (κ3) is 3.12. The first kappa shape index (κ1) is 11.2. The topological polar surface area (TPSA) is 56.4 Å². The molecule has 0 spiro atoms. The molecule has 0 saturated carbocycles. The molecule has 1 fully saturated rings. The molecule has 1 amide bonds. The highest BCUT2D eigenvalue weighted by atomic mass is 32.1. The number of nitrogens with one attached hydrogen (secondary N) is 3. The van der Waals surface area contributed by atoms with Crippen molar-refractivity contribution in [3.63, 3.8) is 0 Å². The van der Waals surface area contributed by atoms with Gasteiger partial charge >= 0.3 is 0 Å². The summed E-state index contributed by atoms with van der Waals surface area (Å²) in [6, 6.07) is -0.239. The first-order valence-electron chi connectivity index (χ1n) is 4.69. The van der Waals surface area contributed by atoms with Crippen molar-refractivity contribution in [3.05, 3.63) is 0 Å². The maximum absolute atomic E-state index is 11.3. The fourth-order valence-electron chi connectivity index (χ4n) is 1.23. The third-order valence-corrected chi connectivity index (χ3v) is 2.18. The number of carbonyl (C=O) groups excluding carboxylic acids is 1. The second-order valence-corrected chi connectivity index (χ2v) is 3.72. The van der Waals surface area contributed by atoms with E-state index in [1.54, 1.807) is 5.01 Å². The monoisotopic (exact) mass is 216 g/mol. The second-order valence-electron chi connectivity index (χ2n) is 3.31. The number of carbonyl (C=O) groups is 1. The standard InChI is InChI=1S/C8H16N4OS/c1-3-4-9-8(14)10-6-5-12(2)11-7(6)13/h6H,3-5H2,1-2H3,(H,11,13)(H2,9,10,14). The lowest BCUT2D eigenvalue weighted by molar-refractivity contribution is -0.121. The second kappa shape index (κ2) is 5.11. The minimum absolute atomic E-state index is 0.0341. The third-order valence-electron chi connectivity index (χ3n) is 1.91. The summed E-state index contributed by atoms with van der Waals surface area (Å²) in [6.45, 7) is 3.52. The van der Waals surface area contributed by atoms with Gasteiger partial charge in [-0.15, -0.1) is 0 Å². The van der Waals surface area contributed by atoms with Gasteiger partial charge in [0.15, 0.2) is 5.11 Å². The first-order chi connectivity index (χ1) is 6.63. The van der Waals surface area contributed by atoms with Gasteiger partial charge < -0.3 is 10.6 Å². The fraction of sp³-hybridized carbons (Fsp3) is 0.750. The van der Waals surface area contributed by atoms with Crippen LogP contribution in [0.4, 0.5) is 0 Å². The van der Waals surface area contributed by atoms with Gasteiger partial charge in [0.2, 0.25) is 0 Å². The van der Waals surface area contributed by atoms with Crippen LogP contribution in [-0.2, 0) is 4.79 Å². The molecule has 0 bridgehead atoms. The normalized spacial score (nSPS) is 21.9. The number of amides is 1. The molecule has 0 aromatic rings. The van der Waals surface area contributed by atoms with E-state index in [0.717, 1.165) is 13.0 Å². The summed E-state index contributed by atoms with van der Waals surface area (Å²) < 4.78 is 0. The van der Waals surface area contributed by atoms with Crippen molar-refractivity contribution >= 4 is 23.2 Å². The predicted octanol–water partition coefficient (Wildman–Crippen LogP) is -0.794. The fourth-order valence-corrected chi connectivity index (χ4v) is 1.47. The van der Waals surface area contributed by atoms with E-state index in [1.165, 1.54) is 0 Å². The Morgan fingerprint density at radius 2 is 2.50 bits per heavy atom. The van der Waals surface area contributed by atoms with Crippen LogP contribution in [0, 0.1) is 0 Å². The highest BCUT2D eigenvalue weighted by Gasteiger charge is 2.28. The lowest BCUT2D eigenvalue weighted by Crippen LogP contribution is -2.46. The SMILES string of the molecule is CCCNC(=S)NC1CN(C)NC1=O. The minimum atomic E-state index is -0.239. The molecule has 0 aromatic carbocycles. The molecule has 1 aliphatic heterocycles. The molecule has 0 aromatic heterocycles. The Bertz CT molecular complexity index is 233. The molecule has 1 saturated heterocycles. The van der Waals surface area contributed by atoms with E-state index in [2.05, 4.69) is 23.0 Å². The zero-order chi connectivity index (χ0) is 10.6. The van der Waals surface area contributed by atoms with Crippen LogP contribution in [0.5, 0.6) is 0 Å².